The molecule has 0 spiro atoms. The first-order chi connectivity index (χ1) is 14.3. The number of nitrogens with zero attached hydrogens (tertiary/aromatic N) is 2. The van der Waals surface area contributed by atoms with Crippen molar-refractivity contribution >= 4 is 29.3 Å². The third-order valence-corrected chi connectivity index (χ3v) is 4.69. The van der Waals surface area contributed by atoms with Crippen molar-refractivity contribution in [2.75, 3.05) is 10.6 Å². The Morgan fingerprint density at radius 3 is 2.13 bits per heavy atom. The molecule has 6 heteroatoms. The standard InChI is InChI=1S/C24H26N4O2/c1-16(2)24(30)26-20-12-10-19(11-13-20)25-23(29)15-14-22-17(3)27-28(18(22)4)21-8-6-5-7-9-21/h5-16H,1-4H3,(H,25,29)(H,26,30)/b15-14+. The van der Waals surface area contributed by atoms with E-state index in [2.05, 4.69) is 15.7 Å². The molecule has 0 aliphatic carbocycles. The minimum Gasteiger partial charge on any atom is -0.326 e. The zero-order valence-electron chi connectivity index (χ0n) is 17.6. The second-order valence-electron chi connectivity index (χ2n) is 7.38. The molecule has 3 aromatic rings. The Morgan fingerprint density at radius 1 is 0.933 bits per heavy atom. The van der Waals surface area contributed by atoms with E-state index in [1.807, 2.05) is 62.7 Å². The van der Waals surface area contributed by atoms with E-state index in [1.54, 1.807) is 30.3 Å². The summed E-state index contributed by atoms with van der Waals surface area (Å²) in [7, 11) is 0. The second-order valence-corrected chi connectivity index (χ2v) is 7.38. The van der Waals surface area contributed by atoms with Gasteiger partial charge in [0, 0.05) is 34.6 Å². The summed E-state index contributed by atoms with van der Waals surface area (Å²) in [5, 5.41) is 10.2. The fraction of sp³-hybridized carbons (Fsp3) is 0.208. The summed E-state index contributed by atoms with van der Waals surface area (Å²) < 4.78 is 1.87. The van der Waals surface area contributed by atoms with Crippen molar-refractivity contribution in [2.24, 2.45) is 5.92 Å². The number of amides is 2. The number of hydrogen-bond acceptors (Lipinski definition) is 3. The third-order valence-electron chi connectivity index (χ3n) is 4.69. The van der Waals surface area contributed by atoms with Crippen LogP contribution in [0.25, 0.3) is 11.8 Å². The lowest BCUT2D eigenvalue weighted by molar-refractivity contribution is -0.119. The minimum absolute atomic E-state index is 0.0449. The Balaban J connectivity index is 1.67. The molecule has 2 amide bonds. The number of hydrogen-bond donors (Lipinski definition) is 2. The number of carbonyl (C=O) groups excluding carboxylic acids is 2. The van der Waals surface area contributed by atoms with Crippen LogP contribution in [0.5, 0.6) is 0 Å². The van der Waals surface area contributed by atoms with Crippen LogP contribution < -0.4 is 10.6 Å². The van der Waals surface area contributed by atoms with Gasteiger partial charge in [-0.25, -0.2) is 4.68 Å². The molecule has 0 unspecified atom stereocenters. The van der Waals surface area contributed by atoms with E-state index in [0.29, 0.717) is 11.4 Å². The van der Waals surface area contributed by atoms with Crippen molar-refractivity contribution in [1.82, 2.24) is 9.78 Å². The summed E-state index contributed by atoms with van der Waals surface area (Å²) in [5.74, 6) is -0.371. The second kappa shape index (κ2) is 9.22. The van der Waals surface area contributed by atoms with Crippen LogP contribution in [0.1, 0.15) is 30.8 Å². The topological polar surface area (TPSA) is 76.0 Å². The molecule has 0 fully saturated rings. The summed E-state index contributed by atoms with van der Waals surface area (Å²) >= 11 is 0. The summed E-state index contributed by atoms with van der Waals surface area (Å²) in [6.07, 6.45) is 3.28. The van der Waals surface area contributed by atoms with Crippen LogP contribution in [0.15, 0.2) is 60.7 Å². The highest BCUT2D eigenvalue weighted by Crippen LogP contribution is 2.19. The SMILES string of the molecule is Cc1nn(-c2ccccc2)c(C)c1/C=C/C(=O)Nc1ccc(NC(=O)C(C)C)cc1. The molecule has 30 heavy (non-hydrogen) atoms. The Morgan fingerprint density at radius 2 is 1.53 bits per heavy atom. The lowest BCUT2D eigenvalue weighted by Crippen LogP contribution is -2.17. The van der Waals surface area contributed by atoms with Crippen molar-refractivity contribution < 1.29 is 9.59 Å². The summed E-state index contributed by atoms with van der Waals surface area (Å²) in [5.41, 5.74) is 5.06. The quantitative estimate of drug-likeness (QED) is 0.585. The lowest BCUT2D eigenvalue weighted by atomic mass is 10.1. The zero-order chi connectivity index (χ0) is 21.7. The van der Waals surface area contributed by atoms with Gasteiger partial charge in [0.05, 0.1) is 11.4 Å². The van der Waals surface area contributed by atoms with Crippen LogP contribution in [0.2, 0.25) is 0 Å². The predicted octanol–water partition coefficient (Wildman–Crippen LogP) is 4.74. The predicted molar refractivity (Wildman–Crippen MR) is 121 cm³/mol. The van der Waals surface area contributed by atoms with Gasteiger partial charge in [0.2, 0.25) is 11.8 Å². The number of carbonyl (C=O) groups is 2. The molecule has 0 radical (unpaired) electrons. The van der Waals surface area contributed by atoms with Gasteiger partial charge in [0.25, 0.3) is 0 Å². The number of para-hydroxylation sites is 1. The van der Waals surface area contributed by atoms with E-state index in [0.717, 1.165) is 22.6 Å². The minimum atomic E-state index is -0.236. The lowest BCUT2D eigenvalue weighted by Gasteiger charge is -2.08. The van der Waals surface area contributed by atoms with Gasteiger partial charge in [-0.15, -0.1) is 0 Å². The smallest absolute Gasteiger partial charge is 0.248 e. The van der Waals surface area contributed by atoms with E-state index in [9.17, 15) is 9.59 Å². The van der Waals surface area contributed by atoms with Gasteiger partial charge in [-0.1, -0.05) is 32.0 Å². The van der Waals surface area contributed by atoms with Crippen LogP contribution >= 0.6 is 0 Å². The molecule has 6 nitrogen and oxygen atoms in total. The van der Waals surface area contributed by atoms with Crippen LogP contribution in [0.3, 0.4) is 0 Å². The summed E-state index contributed by atoms with van der Waals surface area (Å²) in [4.78, 5) is 24.1. The molecule has 0 atom stereocenters. The molecule has 1 heterocycles. The average molecular weight is 402 g/mol. The monoisotopic (exact) mass is 402 g/mol. The number of aromatic nitrogens is 2. The van der Waals surface area contributed by atoms with Gasteiger partial charge >= 0.3 is 0 Å². The maximum absolute atomic E-state index is 12.3. The summed E-state index contributed by atoms with van der Waals surface area (Å²) in [6, 6.07) is 16.9. The number of nitrogens with one attached hydrogen (secondary N) is 2. The van der Waals surface area contributed by atoms with E-state index in [-0.39, 0.29) is 17.7 Å². The molecule has 154 valence electrons. The van der Waals surface area contributed by atoms with Crippen molar-refractivity contribution in [3.8, 4) is 5.69 Å². The maximum Gasteiger partial charge on any atom is 0.248 e. The molecule has 2 N–H and O–H groups in total. The molecule has 0 aliphatic rings. The molecule has 2 aromatic carbocycles. The highest BCUT2D eigenvalue weighted by atomic mass is 16.2. The highest BCUT2D eigenvalue weighted by molar-refractivity contribution is 6.02. The first-order valence-electron chi connectivity index (χ1n) is 9.87. The molecule has 1 aromatic heterocycles. The largest absolute Gasteiger partial charge is 0.326 e. The average Bonchev–Trinajstić information content (AvgIpc) is 3.02. The molecular weight excluding hydrogens is 376 g/mol. The Bertz CT molecular complexity index is 1060. The molecular formula is C24H26N4O2. The molecule has 3 rings (SSSR count). The van der Waals surface area contributed by atoms with E-state index in [1.165, 1.54) is 6.08 Å². The first kappa shape index (κ1) is 21.0. The van der Waals surface area contributed by atoms with Crippen molar-refractivity contribution in [2.45, 2.75) is 27.7 Å². The Kier molecular flexibility index (Phi) is 6.47. The molecule has 0 bridgehead atoms. The highest BCUT2D eigenvalue weighted by Gasteiger charge is 2.11. The number of aryl methyl sites for hydroxylation is 1. The molecule has 0 saturated heterocycles. The van der Waals surface area contributed by atoms with Gasteiger partial charge in [0.15, 0.2) is 0 Å². The summed E-state index contributed by atoms with van der Waals surface area (Å²) in [6.45, 7) is 7.58. The normalized spacial score (nSPS) is 11.1. The third kappa shape index (κ3) is 5.03. The Hall–Kier alpha value is -3.67. The van der Waals surface area contributed by atoms with E-state index in [4.69, 9.17) is 0 Å². The fourth-order valence-corrected chi connectivity index (χ4v) is 2.98. The molecule has 0 saturated carbocycles. The molecule has 0 aliphatic heterocycles. The van der Waals surface area contributed by atoms with Crippen molar-refractivity contribution in [3.05, 3.63) is 77.6 Å². The maximum atomic E-state index is 12.3. The van der Waals surface area contributed by atoms with Gasteiger partial charge in [-0.05, 0) is 56.3 Å². The van der Waals surface area contributed by atoms with Crippen LogP contribution in [-0.4, -0.2) is 21.6 Å². The van der Waals surface area contributed by atoms with Gasteiger partial charge in [-0.2, -0.15) is 5.10 Å². The Labute approximate surface area is 176 Å². The van der Waals surface area contributed by atoms with Crippen LogP contribution in [0.4, 0.5) is 11.4 Å². The van der Waals surface area contributed by atoms with Crippen LogP contribution in [0, 0.1) is 19.8 Å². The fourth-order valence-electron chi connectivity index (χ4n) is 2.98. The van der Waals surface area contributed by atoms with Crippen molar-refractivity contribution in [3.63, 3.8) is 0 Å². The van der Waals surface area contributed by atoms with E-state index < -0.39 is 0 Å². The van der Waals surface area contributed by atoms with Gasteiger partial charge < -0.3 is 10.6 Å². The number of benzene rings is 2. The van der Waals surface area contributed by atoms with E-state index >= 15 is 0 Å². The van der Waals surface area contributed by atoms with Gasteiger partial charge in [0.1, 0.15) is 0 Å². The van der Waals surface area contributed by atoms with Crippen molar-refractivity contribution in [1.29, 1.82) is 0 Å². The number of anilines is 2. The number of rotatable bonds is 6. The van der Waals surface area contributed by atoms with Gasteiger partial charge in [-0.3, -0.25) is 9.59 Å². The first-order valence-corrected chi connectivity index (χ1v) is 9.87. The van der Waals surface area contributed by atoms with Crippen LogP contribution in [-0.2, 0) is 9.59 Å². The zero-order valence-corrected chi connectivity index (χ0v) is 17.6.